The minimum atomic E-state index is -0.144. The monoisotopic (exact) mass is 854 g/mol. The van der Waals surface area contributed by atoms with Gasteiger partial charge in [0.2, 0.25) is 0 Å². The van der Waals surface area contributed by atoms with E-state index < -0.39 is 0 Å². The van der Waals surface area contributed by atoms with Crippen LogP contribution in [0, 0.1) is 16.2 Å². The Morgan fingerprint density at radius 3 is 1.31 bits per heavy atom. The number of hydrogen-bond donors (Lipinski definition) is 0. The van der Waals surface area contributed by atoms with Crippen LogP contribution in [0.2, 0.25) is 5.15 Å². The zero-order chi connectivity index (χ0) is 43.6. The molecule has 0 N–H and O–H groups in total. The van der Waals surface area contributed by atoms with Gasteiger partial charge in [-0.2, -0.15) is 0 Å². The zero-order valence-electron chi connectivity index (χ0n) is 36.2. The van der Waals surface area contributed by atoms with Gasteiger partial charge >= 0.3 is 0 Å². The molecule has 0 bridgehead atoms. The molecule has 0 saturated heterocycles. The Bertz CT molecular complexity index is 2680. The molecule has 0 aromatic carbocycles. The summed E-state index contributed by atoms with van der Waals surface area (Å²) in [6.07, 6.45) is 10.4. The molecule has 0 radical (unpaired) electrons. The molecule has 62 heavy (non-hydrogen) atoms. The first kappa shape index (κ1) is 40.3. The second-order valence-electron chi connectivity index (χ2n) is 20.2. The summed E-state index contributed by atoms with van der Waals surface area (Å²) in [5.41, 5.74) is 11.9. The molecule has 14 heteroatoms. The van der Waals surface area contributed by atoms with Gasteiger partial charge in [0.05, 0.1) is 22.5 Å². The van der Waals surface area contributed by atoms with Gasteiger partial charge in [0.1, 0.15) is 28.1 Å². The van der Waals surface area contributed by atoms with Crippen LogP contribution < -0.4 is 14.7 Å². The third-order valence-corrected chi connectivity index (χ3v) is 14.1. The van der Waals surface area contributed by atoms with Crippen LogP contribution in [0.1, 0.15) is 127 Å². The molecule has 0 spiro atoms. The Labute approximate surface area is 365 Å². The lowest BCUT2D eigenvalue weighted by atomic mass is 9.90. The van der Waals surface area contributed by atoms with Gasteiger partial charge in [0, 0.05) is 68.7 Å². The quantitative estimate of drug-likeness (QED) is 0.135. The van der Waals surface area contributed by atoms with Crippen molar-refractivity contribution in [1.29, 1.82) is 0 Å². The Hall–Kier alpha value is -5.82. The maximum atomic E-state index is 13.7. The highest BCUT2D eigenvalue weighted by atomic mass is 35.5. The molecule has 0 fully saturated rings. The Morgan fingerprint density at radius 2 is 0.887 bits per heavy atom. The van der Waals surface area contributed by atoms with Crippen molar-refractivity contribution in [1.82, 2.24) is 23.7 Å². The van der Waals surface area contributed by atoms with Gasteiger partial charge in [-0.3, -0.25) is 28.9 Å². The number of nitrogens with zero attached hydrogens (tertiary/aromatic N) is 8. The lowest BCUT2D eigenvalue weighted by Gasteiger charge is -2.33. The smallest absolute Gasteiger partial charge is 0.276 e. The van der Waals surface area contributed by atoms with Crippen LogP contribution in [0.4, 0.5) is 17.2 Å². The number of pyridine rings is 2. The minimum absolute atomic E-state index is 0.0844. The number of hydrogen-bond acceptors (Lipinski definition) is 7. The van der Waals surface area contributed by atoms with Crippen molar-refractivity contribution in [3.63, 3.8) is 0 Å². The Kier molecular flexibility index (Phi) is 9.16. The zero-order valence-corrected chi connectivity index (χ0v) is 36.9. The van der Waals surface area contributed by atoms with Gasteiger partial charge < -0.3 is 23.5 Å². The van der Waals surface area contributed by atoms with E-state index in [1.807, 2.05) is 18.2 Å². The Balaban J connectivity index is 0.000000164. The van der Waals surface area contributed by atoms with Crippen molar-refractivity contribution >= 4 is 59.1 Å². The molecule has 0 atom stereocenters. The van der Waals surface area contributed by atoms with E-state index in [0.29, 0.717) is 73.3 Å². The molecule has 0 unspecified atom stereocenters. The van der Waals surface area contributed by atoms with Crippen LogP contribution >= 0.6 is 11.6 Å². The first-order valence-electron chi connectivity index (χ1n) is 21.6. The fourth-order valence-corrected chi connectivity index (χ4v) is 11.4. The van der Waals surface area contributed by atoms with Crippen molar-refractivity contribution < 1.29 is 24.0 Å². The van der Waals surface area contributed by atoms with Gasteiger partial charge in [0.25, 0.3) is 17.7 Å². The number of anilines is 3. The number of rotatable bonds is 5. The summed E-state index contributed by atoms with van der Waals surface area (Å²) >= 11 is 6.00. The average molecular weight is 855 g/mol. The van der Waals surface area contributed by atoms with Crippen molar-refractivity contribution in [2.45, 2.75) is 99.7 Å². The summed E-state index contributed by atoms with van der Waals surface area (Å²) in [5, 5.41) is 0.125. The number of halogens is 1. The summed E-state index contributed by atoms with van der Waals surface area (Å²) in [5.74, 6) is -0.0112. The van der Waals surface area contributed by atoms with Crippen LogP contribution in [0.25, 0.3) is 0 Å². The number of fused-ring (bicyclic) bond motifs is 9. The van der Waals surface area contributed by atoms with Gasteiger partial charge in [0.15, 0.2) is 12.6 Å². The summed E-state index contributed by atoms with van der Waals surface area (Å²) < 4.78 is 6.46. The van der Waals surface area contributed by atoms with Crippen LogP contribution in [-0.2, 0) is 58.2 Å². The summed E-state index contributed by atoms with van der Waals surface area (Å²) in [4.78, 5) is 77.5. The second-order valence-corrected chi connectivity index (χ2v) is 20.6. The van der Waals surface area contributed by atoms with E-state index in [-0.39, 0.29) is 50.2 Å². The van der Waals surface area contributed by atoms with Crippen LogP contribution in [0.3, 0.4) is 0 Å². The summed E-state index contributed by atoms with van der Waals surface area (Å²) in [7, 11) is 0. The van der Waals surface area contributed by atoms with E-state index in [1.54, 1.807) is 33.0 Å². The molecule has 5 aromatic rings. The third kappa shape index (κ3) is 6.36. The molecule has 3 aliphatic carbocycles. The topological polar surface area (TPSA) is 136 Å². The van der Waals surface area contributed by atoms with Crippen molar-refractivity contribution in [3.8, 4) is 0 Å². The molecule has 6 aliphatic rings. The van der Waals surface area contributed by atoms with E-state index in [1.165, 1.54) is 40.0 Å². The average Bonchev–Trinajstić information content (AvgIpc) is 4.03. The van der Waals surface area contributed by atoms with E-state index in [0.717, 1.165) is 51.4 Å². The van der Waals surface area contributed by atoms with Crippen LogP contribution in [0.5, 0.6) is 0 Å². The molecule has 13 nitrogen and oxygen atoms in total. The van der Waals surface area contributed by atoms with Gasteiger partial charge in [-0.15, -0.1) is 0 Å². The molecule has 3 aliphatic heterocycles. The molecular formula is C48H51ClN8O5. The van der Waals surface area contributed by atoms with Gasteiger partial charge in [-0.05, 0) is 102 Å². The highest BCUT2D eigenvalue weighted by Crippen LogP contribution is 2.43. The third-order valence-electron chi connectivity index (χ3n) is 13.8. The summed E-state index contributed by atoms with van der Waals surface area (Å²) in [6, 6.07) is 9.45. The molecule has 320 valence electrons. The number of aldehydes is 2. The number of amides is 3. The van der Waals surface area contributed by atoms with E-state index in [4.69, 9.17) is 11.6 Å². The first-order chi connectivity index (χ1) is 29.5. The van der Waals surface area contributed by atoms with Crippen molar-refractivity contribution in [2.24, 2.45) is 16.2 Å². The predicted molar refractivity (Wildman–Crippen MR) is 236 cm³/mol. The molecule has 3 amide bonds. The lowest BCUT2D eigenvalue weighted by molar-refractivity contribution is 0.0955. The standard InChI is InChI=1S/C30H33N5O3.C18H18ClN3O2/c1-29(2)13-18-11-22-27(37)34(9-7-32(22)24(18)15-29)21-5-6-31-26(20(21)17-36)35-10-8-33-23(28(35)38)12-19-14-30(3,4)16-25(19)33;1-18(2)8-11-7-14-17(24)22(6-5-21(14)15(11)9-18)13-3-4-20-16(19)12(13)10-23/h5-6,11-12,17H,7-10,13-16H2,1-4H3;3-4,7,10H,5-6,8-9H2,1-2H3. The highest BCUT2D eigenvalue weighted by Gasteiger charge is 2.41. The van der Waals surface area contributed by atoms with Gasteiger partial charge in [-0.25, -0.2) is 9.97 Å². The predicted octanol–water partition coefficient (Wildman–Crippen LogP) is 7.20. The van der Waals surface area contributed by atoms with Crippen LogP contribution in [-0.4, -0.2) is 73.6 Å². The normalized spacial score (nSPS) is 19.9. The molecule has 0 saturated carbocycles. The first-order valence-corrected chi connectivity index (χ1v) is 22.0. The molecule has 5 aromatic heterocycles. The van der Waals surface area contributed by atoms with E-state index in [9.17, 15) is 24.0 Å². The minimum Gasteiger partial charge on any atom is -0.339 e. The lowest BCUT2D eigenvalue weighted by Crippen LogP contribution is -2.43. The number of carbonyl (C=O) groups excluding carboxylic acids is 5. The van der Waals surface area contributed by atoms with Crippen molar-refractivity contribution in [2.75, 3.05) is 34.3 Å². The molecular weight excluding hydrogens is 804 g/mol. The fraction of sp³-hybridized carbons (Fsp3) is 0.438. The maximum Gasteiger partial charge on any atom is 0.276 e. The maximum absolute atomic E-state index is 13.7. The Morgan fingerprint density at radius 1 is 0.516 bits per heavy atom. The highest BCUT2D eigenvalue weighted by molar-refractivity contribution is 6.32. The van der Waals surface area contributed by atoms with E-state index >= 15 is 0 Å². The largest absolute Gasteiger partial charge is 0.339 e. The SMILES string of the molecule is CC1(C)Cc2cc3n(c2C1)CCN(c1ccnc(Cl)c1C=O)C3=O.CC1(C)Cc2cc3n(c2C1)CCN(c1ccnc(N2CCn4c(cc5c4CC(C)(C)C5)C2=O)c1C=O)C3=O. The van der Waals surface area contributed by atoms with Gasteiger partial charge in [-0.1, -0.05) is 53.1 Å². The van der Waals surface area contributed by atoms with E-state index in [2.05, 4.69) is 65.2 Å². The number of aromatic nitrogens is 5. The summed E-state index contributed by atoms with van der Waals surface area (Å²) in [6.45, 7) is 17.1. The molecule has 11 rings (SSSR count). The number of carbonyl (C=O) groups is 5. The van der Waals surface area contributed by atoms with Crippen LogP contribution in [0.15, 0.2) is 42.7 Å². The fourth-order valence-electron chi connectivity index (χ4n) is 11.2. The molecule has 8 heterocycles. The van der Waals surface area contributed by atoms with Crippen molar-refractivity contribution in [3.05, 3.63) is 110 Å². The second kappa shape index (κ2) is 14.1.